The molecule has 3 rings (SSSR count). The molecule has 1 N–H and O–H groups in total. The molecule has 0 radical (unpaired) electrons. The van der Waals surface area contributed by atoms with Gasteiger partial charge in [0.15, 0.2) is 0 Å². The predicted octanol–water partition coefficient (Wildman–Crippen LogP) is 3.76. The van der Waals surface area contributed by atoms with Gasteiger partial charge < -0.3 is 15.0 Å². The van der Waals surface area contributed by atoms with Gasteiger partial charge in [-0.05, 0) is 51.3 Å². The van der Waals surface area contributed by atoms with E-state index in [0.29, 0.717) is 6.42 Å². The summed E-state index contributed by atoms with van der Waals surface area (Å²) in [5.74, 6) is -0.237. The maximum atomic E-state index is 13.0. The first-order chi connectivity index (χ1) is 12.8. The Morgan fingerprint density at radius 3 is 2.56 bits per heavy atom. The first-order valence-electron chi connectivity index (χ1n) is 9.10. The molecule has 1 saturated heterocycles. The number of benzene rings is 1. The largest absolute Gasteiger partial charge is 0.444 e. The highest BCUT2D eigenvalue weighted by molar-refractivity contribution is 7.15. The predicted molar refractivity (Wildman–Crippen MR) is 104 cm³/mol. The monoisotopic (exact) mass is 392 g/mol. The molecule has 0 spiro atoms. The van der Waals surface area contributed by atoms with Crippen molar-refractivity contribution in [2.75, 3.05) is 18.0 Å². The summed E-state index contributed by atoms with van der Waals surface area (Å²) in [6, 6.07) is 6.57. The summed E-state index contributed by atoms with van der Waals surface area (Å²) in [7, 11) is 0. The highest BCUT2D eigenvalue weighted by atomic mass is 32.1. The summed E-state index contributed by atoms with van der Waals surface area (Å²) < 4.78 is 18.3. The molecular formula is C19H25FN4O2S. The van der Waals surface area contributed by atoms with Gasteiger partial charge in [0.05, 0.1) is 0 Å². The molecule has 6 nitrogen and oxygen atoms in total. The topological polar surface area (TPSA) is 67.3 Å². The van der Waals surface area contributed by atoms with E-state index in [1.54, 1.807) is 23.5 Å². The smallest absolute Gasteiger partial charge is 0.407 e. The third-order valence-electron chi connectivity index (χ3n) is 4.21. The van der Waals surface area contributed by atoms with E-state index in [0.717, 1.165) is 41.6 Å². The molecule has 1 amide bonds. The number of piperidine rings is 1. The number of nitrogens with zero attached hydrogens (tertiary/aromatic N) is 3. The summed E-state index contributed by atoms with van der Waals surface area (Å²) in [5, 5.41) is 13.3. The van der Waals surface area contributed by atoms with E-state index in [9.17, 15) is 9.18 Å². The van der Waals surface area contributed by atoms with Gasteiger partial charge in [0, 0.05) is 25.6 Å². The van der Waals surface area contributed by atoms with Crippen LogP contribution >= 0.6 is 11.3 Å². The maximum absolute atomic E-state index is 13.0. The van der Waals surface area contributed by atoms with Gasteiger partial charge in [0.2, 0.25) is 5.13 Å². The van der Waals surface area contributed by atoms with E-state index >= 15 is 0 Å². The van der Waals surface area contributed by atoms with E-state index in [-0.39, 0.29) is 18.0 Å². The van der Waals surface area contributed by atoms with Crippen molar-refractivity contribution in [1.82, 2.24) is 15.5 Å². The first-order valence-corrected chi connectivity index (χ1v) is 9.91. The standard InChI is InChI=1S/C19H25FN4O2S/c1-19(2,3)26-18(25)21-15-8-10-24(11-9-15)17-23-22-16(27-17)12-13-4-6-14(20)7-5-13/h4-7,15H,8-12H2,1-3H3,(H,21,25). The third-order valence-corrected chi connectivity index (χ3v) is 5.20. The lowest BCUT2D eigenvalue weighted by molar-refractivity contribution is 0.0497. The van der Waals surface area contributed by atoms with Gasteiger partial charge in [-0.15, -0.1) is 10.2 Å². The van der Waals surface area contributed by atoms with E-state index in [1.165, 1.54) is 12.1 Å². The second kappa shape index (κ2) is 8.21. The van der Waals surface area contributed by atoms with Crippen molar-refractivity contribution in [1.29, 1.82) is 0 Å². The molecule has 1 aromatic heterocycles. The Labute approximate surface area is 162 Å². The Morgan fingerprint density at radius 2 is 1.93 bits per heavy atom. The Bertz CT molecular complexity index is 765. The number of carbonyl (C=O) groups is 1. The second-order valence-electron chi connectivity index (χ2n) is 7.69. The van der Waals surface area contributed by atoms with Crippen LogP contribution < -0.4 is 10.2 Å². The molecule has 2 heterocycles. The molecule has 1 aromatic carbocycles. The Morgan fingerprint density at radius 1 is 1.26 bits per heavy atom. The zero-order valence-corrected chi connectivity index (χ0v) is 16.7. The van der Waals surface area contributed by atoms with Crippen molar-refractivity contribution < 1.29 is 13.9 Å². The zero-order chi connectivity index (χ0) is 19.4. The van der Waals surface area contributed by atoms with Crippen LogP contribution in [-0.4, -0.2) is 41.0 Å². The Kier molecular flexibility index (Phi) is 5.94. The molecule has 0 bridgehead atoms. The van der Waals surface area contributed by atoms with E-state index in [4.69, 9.17) is 4.74 Å². The summed E-state index contributed by atoms with van der Waals surface area (Å²) in [6.45, 7) is 7.19. The molecule has 0 saturated carbocycles. The number of nitrogens with one attached hydrogen (secondary N) is 1. The minimum atomic E-state index is -0.488. The molecule has 1 fully saturated rings. The lowest BCUT2D eigenvalue weighted by Gasteiger charge is -2.32. The third kappa shape index (κ3) is 5.89. The van der Waals surface area contributed by atoms with E-state index in [2.05, 4.69) is 20.4 Å². The van der Waals surface area contributed by atoms with Gasteiger partial charge in [-0.2, -0.15) is 0 Å². The number of carbonyl (C=O) groups excluding carboxylic acids is 1. The van der Waals surface area contributed by atoms with Gasteiger partial charge in [0.25, 0.3) is 0 Å². The van der Waals surface area contributed by atoms with Gasteiger partial charge in [-0.1, -0.05) is 23.5 Å². The minimum absolute atomic E-state index is 0.114. The Balaban J connectivity index is 1.49. The summed E-state index contributed by atoms with van der Waals surface area (Å²) in [6.07, 6.45) is 1.96. The zero-order valence-electron chi connectivity index (χ0n) is 15.9. The van der Waals surface area contributed by atoms with Gasteiger partial charge in [-0.3, -0.25) is 0 Å². The number of aromatic nitrogens is 2. The van der Waals surface area contributed by atoms with Crippen LogP contribution in [-0.2, 0) is 11.2 Å². The number of ether oxygens (including phenoxy) is 1. The summed E-state index contributed by atoms with van der Waals surface area (Å²) in [4.78, 5) is 14.1. The molecule has 0 atom stereocenters. The van der Waals surface area contributed by atoms with Crippen LogP contribution in [0.15, 0.2) is 24.3 Å². The number of rotatable bonds is 4. The lowest BCUT2D eigenvalue weighted by Crippen LogP contribution is -2.46. The van der Waals surface area contributed by atoms with Crippen molar-refractivity contribution in [3.63, 3.8) is 0 Å². The average molecular weight is 393 g/mol. The van der Waals surface area contributed by atoms with Crippen LogP contribution in [0.1, 0.15) is 44.2 Å². The molecule has 146 valence electrons. The SMILES string of the molecule is CC(C)(C)OC(=O)NC1CCN(c2nnc(Cc3ccc(F)cc3)s2)CC1. The number of anilines is 1. The molecule has 1 aliphatic rings. The molecule has 8 heteroatoms. The van der Waals surface area contributed by atoms with Crippen molar-refractivity contribution in [3.05, 3.63) is 40.7 Å². The molecule has 0 unspecified atom stereocenters. The molecule has 1 aliphatic heterocycles. The van der Waals surface area contributed by atoms with Crippen LogP contribution in [0.4, 0.5) is 14.3 Å². The quantitative estimate of drug-likeness (QED) is 0.858. The molecule has 0 aliphatic carbocycles. The average Bonchev–Trinajstić information content (AvgIpc) is 3.04. The number of amides is 1. The second-order valence-corrected chi connectivity index (χ2v) is 8.73. The highest BCUT2D eigenvalue weighted by Gasteiger charge is 2.25. The van der Waals surface area contributed by atoms with E-state index in [1.807, 2.05) is 20.8 Å². The minimum Gasteiger partial charge on any atom is -0.444 e. The van der Waals surface area contributed by atoms with Crippen LogP contribution in [0.5, 0.6) is 0 Å². The van der Waals surface area contributed by atoms with Crippen LogP contribution in [0.2, 0.25) is 0 Å². The number of hydrogen-bond donors (Lipinski definition) is 1. The normalized spacial score (nSPS) is 15.6. The molecular weight excluding hydrogens is 367 g/mol. The number of alkyl carbamates (subject to hydrolysis) is 1. The number of halogens is 1. The van der Waals surface area contributed by atoms with Crippen molar-refractivity contribution >= 4 is 22.6 Å². The van der Waals surface area contributed by atoms with Crippen molar-refractivity contribution in [3.8, 4) is 0 Å². The molecule has 2 aromatic rings. The lowest BCUT2D eigenvalue weighted by atomic mass is 10.1. The fourth-order valence-electron chi connectivity index (χ4n) is 2.91. The Hall–Kier alpha value is -2.22. The highest BCUT2D eigenvalue weighted by Crippen LogP contribution is 2.25. The summed E-state index contributed by atoms with van der Waals surface area (Å²) >= 11 is 1.56. The van der Waals surface area contributed by atoms with Gasteiger partial charge >= 0.3 is 6.09 Å². The fourth-order valence-corrected chi connectivity index (χ4v) is 3.83. The van der Waals surface area contributed by atoms with Gasteiger partial charge in [-0.25, -0.2) is 9.18 Å². The molecule has 27 heavy (non-hydrogen) atoms. The van der Waals surface area contributed by atoms with E-state index < -0.39 is 5.60 Å². The summed E-state index contributed by atoms with van der Waals surface area (Å²) in [5.41, 5.74) is 0.525. The number of hydrogen-bond acceptors (Lipinski definition) is 6. The van der Waals surface area contributed by atoms with Crippen molar-refractivity contribution in [2.45, 2.75) is 51.7 Å². The fraction of sp³-hybridized carbons (Fsp3) is 0.526. The first kappa shape index (κ1) is 19.5. The van der Waals surface area contributed by atoms with Crippen molar-refractivity contribution in [2.24, 2.45) is 0 Å². The van der Waals surface area contributed by atoms with Crippen LogP contribution in [0.3, 0.4) is 0 Å². The maximum Gasteiger partial charge on any atom is 0.407 e. The van der Waals surface area contributed by atoms with Crippen LogP contribution in [0, 0.1) is 5.82 Å². The van der Waals surface area contributed by atoms with Crippen LogP contribution in [0.25, 0.3) is 0 Å². The van der Waals surface area contributed by atoms with Gasteiger partial charge in [0.1, 0.15) is 16.4 Å².